The maximum absolute atomic E-state index is 11.8. The molecule has 0 saturated carbocycles. The van der Waals surface area contributed by atoms with Crippen molar-refractivity contribution < 1.29 is 9.53 Å². The van der Waals surface area contributed by atoms with E-state index in [1.165, 1.54) is 0 Å². The second-order valence-corrected chi connectivity index (χ2v) is 5.63. The number of hydrogen-bond donors (Lipinski definition) is 1. The third kappa shape index (κ3) is 4.16. The van der Waals surface area contributed by atoms with Crippen molar-refractivity contribution in [1.29, 1.82) is 5.26 Å². The number of ether oxygens (including phenoxy) is 1. The summed E-state index contributed by atoms with van der Waals surface area (Å²) < 4.78 is 5.02. The van der Waals surface area contributed by atoms with Gasteiger partial charge in [-0.1, -0.05) is 0 Å². The number of benzene rings is 1. The molecule has 1 fully saturated rings. The average molecular weight is 353 g/mol. The fourth-order valence-electron chi connectivity index (χ4n) is 2.59. The Labute approximate surface area is 151 Å². The summed E-state index contributed by atoms with van der Waals surface area (Å²) in [7, 11) is 0. The Morgan fingerprint density at radius 1 is 1.27 bits per heavy atom. The van der Waals surface area contributed by atoms with Crippen LogP contribution in [-0.4, -0.2) is 59.0 Å². The Kier molecular flexibility index (Phi) is 5.43. The maximum Gasteiger partial charge on any atom is 0.409 e. The predicted molar refractivity (Wildman–Crippen MR) is 95.1 cm³/mol. The Balaban J connectivity index is 1.62. The molecule has 1 aliphatic rings. The molecule has 3 rings (SSSR count). The van der Waals surface area contributed by atoms with Crippen molar-refractivity contribution in [3.63, 3.8) is 0 Å². The number of nitriles is 1. The molecule has 0 unspecified atom stereocenters. The van der Waals surface area contributed by atoms with Crippen LogP contribution in [0.1, 0.15) is 12.5 Å². The van der Waals surface area contributed by atoms with Crippen LogP contribution in [0.15, 0.2) is 30.5 Å². The summed E-state index contributed by atoms with van der Waals surface area (Å²) >= 11 is 0. The van der Waals surface area contributed by atoms with E-state index in [9.17, 15) is 4.79 Å². The van der Waals surface area contributed by atoms with Gasteiger partial charge in [-0.2, -0.15) is 15.3 Å². The summed E-state index contributed by atoms with van der Waals surface area (Å²) in [6.07, 6.45) is 1.32. The van der Waals surface area contributed by atoms with E-state index in [1.54, 1.807) is 42.3 Å². The van der Waals surface area contributed by atoms with Gasteiger partial charge in [-0.3, -0.25) is 0 Å². The summed E-state index contributed by atoms with van der Waals surface area (Å²) in [6.45, 7) is 4.60. The van der Waals surface area contributed by atoms with Crippen LogP contribution in [0.25, 0.3) is 0 Å². The molecule has 26 heavy (non-hydrogen) atoms. The van der Waals surface area contributed by atoms with E-state index in [-0.39, 0.29) is 6.09 Å². The lowest BCUT2D eigenvalue weighted by molar-refractivity contribution is 0.105. The number of carbonyl (C=O) groups is 1. The molecule has 2 heterocycles. The SMILES string of the molecule is CCOC(=O)N1CCN(c2cnnc(Nc3ccc(C#N)cc3)n2)CC1. The number of amides is 1. The van der Waals surface area contributed by atoms with Crippen LogP contribution in [0.5, 0.6) is 0 Å². The Morgan fingerprint density at radius 2 is 2.00 bits per heavy atom. The molecule has 0 spiro atoms. The first-order valence-corrected chi connectivity index (χ1v) is 8.33. The zero-order chi connectivity index (χ0) is 18.4. The highest BCUT2D eigenvalue weighted by atomic mass is 16.6. The molecule has 1 aliphatic heterocycles. The fraction of sp³-hybridized carbons (Fsp3) is 0.353. The van der Waals surface area contributed by atoms with Gasteiger partial charge in [0.2, 0.25) is 5.95 Å². The number of piperazine rings is 1. The van der Waals surface area contributed by atoms with Gasteiger partial charge in [0.1, 0.15) is 0 Å². The molecule has 1 aromatic heterocycles. The largest absolute Gasteiger partial charge is 0.450 e. The van der Waals surface area contributed by atoms with Gasteiger partial charge in [-0.05, 0) is 31.2 Å². The molecule has 9 heteroatoms. The highest BCUT2D eigenvalue weighted by Crippen LogP contribution is 2.17. The number of carbonyl (C=O) groups excluding carboxylic acids is 1. The van der Waals surface area contributed by atoms with E-state index in [4.69, 9.17) is 10.00 Å². The molecule has 9 nitrogen and oxygen atoms in total. The fourth-order valence-corrected chi connectivity index (χ4v) is 2.59. The lowest BCUT2D eigenvalue weighted by Gasteiger charge is -2.34. The number of anilines is 3. The third-order valence-electron chi connectivity index (χ3n) is 3.95. The van der Waals surface area contributed by atoms with Crippen LogP contribution >= 0.6 is 0 Å². The predicted octanol–water partition coefficient (Wildman–Crippen LogP) is 1.77. The Hall–Kier alpha value is -3.41. The average Bonchev–Trinajstić information content (AvgIpc) is 2.69. The van der Waals surface area contributed by atoms with E-state index in [2.05, 4.69) is 26.6 Å². The van der Waals surface area contributed by atoms with Gasteiger partial charge in [0.15, 0.2) is 5.82 Å². The first kappa shape index (κ1) is 17.4. The molecule has 0 atom stereocenters. The minimum absolute atomic E-state index is 0.281. The minimum atomic E-state index is -0.281. The molecule has 0 radical (unpaired) electrons. The summed E-state index contributed by atoms with van der Waals surface area (Å²) in [5, 5.41) is 19.9. The molecule has 2 aromatic rings. The van der Waals surface area contributed by atoms with Crippen LogP contribution in [0.3, 0.4) is 0 Å². The molecule has 0 bridgehead atoms. The molecule has 0 aliphatic carbocycles. The summed E-state index contributed by atoms with van der Waals surface area (Å²) in [6, 6.07) is 9.08. The lowest BCUT2D eigenvalue weighted by atomic mass is 10.2. The molecule has 1 aromatic carbocycles. The number of nitrogens with zero attached hydrogens (tertiary/aromatic N) is 6. The quantitative estimate of drug-likeness (QED) is 0.886. The van der Waals surface area contributed by atoms with Gasteiger partial charge in [0.05, 0.1) is 24.4 Å². The first-order valence-electron chi connectivity index (χ1n) is 8.33. The van der Waals surface area contributed by atoms with E-state index in [0.717, 1.165) is 5.69 Å². The van der Waals surface area contributed by atoms with Gasteiger partial charge in [-0.25, -0.2) is 4.79 Å². The van der Waals surface area contributed by atoms with Gasteiger partial charge < -0.3 is 19.9 Å². The number of nitrogens with one attached hydrogen (secondary N) is 1. The van der Waals surface area contributed by atoms with Crippen molar-refractivity contribution >= 4 is 23.5 Å². The van der Waals surface area contributed by atoms with Crippen LogP contribution < -0.4 is 10.2 Å². The van der Waals surface area contributed by atoms with Crippen LogP contribution in [0.2, 0.25) is 0 Å². The van der Waals surface area contributed by atoms with E-state index in [1.807, 2.05) is 4.90 Å². The van der Waals surface area contributed by atoms with Gasteiger partial charge in [-0.15, -0.1) is 5.10 Å². The molecule has 1 N–H and O–H groups in total. The van der Waals surface area contributed by atoms with Crippen molar-refractivity contribution in [3.05, 3.63) is 36.0 Å². The van der Waals surface area contributed by atoms with Gasteiger partial charge in [0, 0.05) is 31.9 Å². The van der Waals surface area contributed by atoms with Crippen molar-refractivity contribution in [2.45, 2.75) is 6.92 Å². The summed E-state index contributed by atoms with van der Waals surface area (Å²) in [4.78, 5) is 20.0. The summed E-state index contributed by atoms with van der Waals surface area (Å²) in [5.41, 5.74) is 1.36. The lowest BCUT2D eigenvalue weighted by Crippen LogP contribution is -2.49. The Morgan fingerprint density at radius 3 is 2.65 bits per heavy atom. The van der Waals surface area contributed by atoms with Gasteiger partial charge in [0.25, 0.3) is 0 Å². The van der Waals surface area contributed by atoms with Crippen molar-refractivity contribution in [1.82, 2.24) is 20.1 Å². The number of rotatable bonds is 4. The third-order valence-corrected chi connectivity index (χ3v) is 3.95. The van der Waals surface area contributed by atoms with E-state index < -0.39 is 0 Å². The topological polar surface area (TPSA) is 107 Å². The Bertz CT molecular complexity index is 796. The highest BCUT2D eigenvalue weighted by Gasteiger charge is 2.23. The standard InChI is InChI=1S/C17H19N7O2/c1-2-26-17(25)24-9-7-23(8-10-24)15-12-19-22-16(21-15)20-14-5-3-13(11-18)4-6-14/h3-6,12H,2,7-10H2,1H3,(H,20,21,22). The van der Waals surface area contributed by atoms with Crippen LogP contribution in [0, 0.1) is 11.3 Å². The zero-order valence-corrected chi connectivity index (χ0v) is 14.4. The normalized spacial score (nSPS) is 13.8. The number of hydrogen-bond acceptors (Lipinski definition) is 8. The monoisotopic (exact) mass is 353 g/mol. The summed E-state index contributed by atoms with van der Waals surface area (Å²) in [5.74, 6) is 1.07. The van der Waals surface area contributed by atoms with Crippen LogP contribution in [-0.2, 0) is 4.74 Å². The van der Waals surface area contributed by atoms with Crippen molar-refractivity contribution in [2.75, 3.05) is 43.0 Å². The van der Waals surface area contributed by atoms with Crippen LogP contribution in [0.4, 0.5) is 22.2 Å². The maximum atomic E-state index is 11.8. The number of aromatic nitrogens is 3. The smallest absolute Gasteiger partial charge is 0.409 e. The molecule has 1 amide bonds. The van der Waals surface area contributed by atoms with Crippen molar-refractivity contribution in [3.8, 4) is 6.07 Å². The van der Waals surface area contributed by atoms with E-state index >= 15 is 0 Å². The molecular weight excluding hydrogens is 334 g/mol. The second-order valence-electron chi connectivity index (χ2n) is 5.63. The van der Waals surface area contributed by atoms with Gasteiger partial charge >= 0.3 is 6.09 Å². The van der Waals surface area contributed by atoms with Crippen molar-refractivity contribution in [2.24, 2.45) is 0 Å². The highest BCUT2D eigenvalue weighted by molar-refractivity contribution is 5.68. The molecular formula is C17H19N7O2. The molecule has 1 saturated heterocycles. The molecule has 134 valence electrons. The minimum Gasteiger partial charge on any atom is -0.450 e. The second kappa shape index (κ2) is 8.11. The zero-order valence-electron chi connectivity index (χ0n) is 14.4. The van der Waals surface area contributed by atoms with E-state index in [0.29, 0.717) is 50.1 Å². The first-order chi connectivity index (χ1) is 12.7.